The number of anilines is 1. The SMILES string of the molecule is COc1ccc(N2C(=O)CN(S(=O)(=O)c3ccccc3)C[C@]2(C)C(=O)NC2CCCC2)cc1. The zero-order chi connectivity index (χ0) is 23.6. The molecule has 0 unspecified atom stereocenters. The maximum atomic E-state index is 13.6. The number of nitrogens with zero attached hydrogens (tertiary/aromatic N) is 2. The number of sulfonamides is 1. The van der Waals surface area contributed by atoms with Crippen molar-refractivity contribution >= 4 is 27.5 Å². The van der Waals surface area contributed by atoms with Crippen molar-refractivity contribution < 1.29 is 22.7 Å². The fraction of sp³-hybridized carbons (Fsp3) is 0.417. The van der Waals surface area contributed by atoms with Crippen molar-refractivity contribution in [2.75, 3.05) is 25.1 Å². The van der Waals surface area contributed by atoms with E-state index in [2.05, 4.69) is 5.32 Å². The maximum Gasteiger partial charge on any atom is 0.247 e. The van der Waals surface area contributed by atoms with E-state index in [-0.39, 0.29) is 29.9 Å². The van der Waals surface area contributed by atoms with E-state index in [1.165, 1.54) is 17.0 Å². The zero-order valence-corrected chi connectivity index (χ0v) is 19.7. The van der Waals surface area contributed by atoms with Gasteiger partial charge < -0.3 is 10.1 Å². The van der Waals surface area contributed by atoms with Gasteiger partial charge in [-0.05, 0) is 56.2 Å². The molecule has 1 saturated heterocycles. The highest BCUT2D eigenvalue weighted by Gasteiger charge is 2.51. The summed E-state index contributed by atoms with van der Waals surface area (Å²) in [5.41, 5.74) is -0.907. The van der Waals surface area contributed by atoms with Crippen molar-refractivity contribution in [3.63, 3.8) is 0 Å². The quantitative estimate of drug-likeness (QED) is 0.699. The summed E-state index contributed by atoms with van der Waals surface area (Å²) in [6.45, 7) is 1.13. The first-order chi connectivity index (χ1) is 15.8. The van der Waals surface area contributed by atoms with Gasteiger partial charge in [0, 0.05) is 18.3 Å². The number of methoxy groups -OCH3 is 1. The van der Waals surface area contributed by atoms with E-state index in [1.807, 2.05) is 0 Å². The van der Waals surface area contributed by atoms with Crippen LogP contribution in [0, 0.1) is 0 Å². The van der Waals surface area contributed by atoms with Crippen molar-refractivity contribution in [2.45, 2.75) is 49.1 Å². The lowest BCUT2D eigenvalue weighted by Gasteiger charge is -2.47. The maximum absolute atomic E-state index is 13.6. The highest BCUT2D eigenvalue weighted by atomic mass is 32.2. The molecule has 0 radical (unpaired) electrons. The minimum Gasteiger partial charge on any atom is -0.497 e. The van der Waals surface area contributed by atoms with Crippen LogP contribution in [-0.2, 0) is 19.6 Å². The van der Waals surface area contributed by atoms with Crippen LogP contribution in [0.3, 0.4) is 0 Å². The van der Waals surface area contributed by atoms with Gasteiger partial charge in [-0.1, -0.05) is 31.0 Å². The lowest BCUT2D eigenvalue weighted by atomic mass is 9.94. The van der Waals surface area contributed by atoms with Gasteiger partial charge in [0.25, 0.3) is 0 Å². The molecule has 1 atom stereocenters. The largest absolute Gasteiger partial charge is 0.497 e. The summed E-state index contributed by atoms with van der Waals surface area (Å²) in [6, 6.07) is 14.8. The van der Waals surface area contributed by atoms with E-state index >= 15 is 0 Å². The Labute approximate surface area is 194 Å². The van der Waals surface area contributed by atoms with Crippen LogP contribution in [-0.4, -0.2) is 56.3 Å². The minimum atomic E-state index is -3.96. The molecule has 176 valence electrons. The van der Waals surface area contributed by atoms with Crippen molar-refractivity contribution in [1.29, 1.82) is 0 Å². The molecule has 1 heterocycles. The monoisotopic (exact) mass is 471 g/mol. The van der Waals surface area contributed by atoms with E-state index in [0.717, 1.165) is 30.0 Å². The predicted octanol–water partition coefficient (Wildman–Crippen LogP) is 2.55. The van der Waals surface area contributed by atoms with Crippen molar-refractivity contribution in [3.05, 3.63) is 54.6 Å². The average Bonchev–Trinajstić information content (AvgIpc) is 3.32. The second-order valence-electron chi connectivity index (χ2n) is 8.74. The summed E-state index contributed by atoms with van der Waals surface area (Å²) < 4.78 is 33.0. The number of ether oxygens (including phenoxy) is 1. The van der Waals surface area contributed by atoms with E-state index in [9.17, 15) is 18.0 Å². The molecular weight excluding hydrogens is 442 g/mol. The zero-order valence-electron chi connectivity index (χ0n) is 18.9. The fourth-order valence-corrected chi connectivity index (χ4v) is 6.12. The lowest BCUT2D eigenvalue weighted by molar-refractivity contribution is -0.133. The molecule has 2 aromatic rings. The summed E-state index contributed by atoms with van der Waals surface area (Å²) >= 11 is 0. The van der Waals surface area contributed by atoms with Crippen LogP contribution in [0.5, 0.6) is 5.75 Å². The van der Waals surface area contributed by atoms with E-state index < -0.39 is 21.5 Å². The highest BCUT2D eigenvalue weighted by molar-refractivity contribution is 7.89. The molecule has 1 N–H and O–H groups in total. The molecule has 0 aromatic heterocycles. The summed E-state index contributed by atoms with van der Waals surface area (Å²) in [7, 11) is -2.41. The van der Waals surface area contributed by atoms with Crippen LogP contribution in [0.4, 0.5) is 5.69 Å². The third-order valence-electron chi connectivity index (χ3n) is 6.43. The van der Waals surface area contributed by atoms with Crippen molar-refractivity contribution in [3.8, 4) is 5.75 Å². The van der Waals surface area contributed by atoms with Crippen LogP contribution in [0.2, 0.25) is 0 Å². The Bertz CT molecular complexity index is 1110. The Morgan fingerprint density at radius 2 is 1.70 bits per heavy atom. The Morgan fingerprint density at radius 3 is 2.30 bits per heavy atom. The number of carbonyl (C=O) groups is 2. The van der Waals surface area contributed by atoms with Crippen molar-refractivity contribution in [1.82, 2.24) is 9.62 Å². The standard InChI is InChI=1S/C24H29N3O5S/c1-24(23(29)25-18-8-6-7-9-18)17-26(33(30,31)21-10-4-3-5-11-21)16-22(28)27(24)19-12-14-20(32-2)15-13-19/h3-5,10-15,18H,6-9,16-17H2,1-2H3,(H,25,29)/t24-/m1/s1. The van der Waals surface area contributed by atoms with Gasteiger partial charge in [-0.15, -0.1) is 0 Å². The third-order valence-corrected chi connectivity index (χ3v) is 8.24. The molecule has 2 aromatic carbocycles. The molecule has 33 heavy (non-hydrogen) atoms. The van der Waals surface area contributed by atoms with Crippen LogP contribution >= 0.6 is 0 Å². The Balaban J connectivity index is 1.72. The number of rotatable bonds is 6. The first kappa shape index (κ1) is 23.3. The Morgan fingerprint density at radius 1 is 1.06 bits per heavy atom. The summed E-state index contributed by atoms with van der Waals surface area (Å²) in [5.74, 6) is -0.199. The van der Waals surface area contributed by atoms with Gasteiger partial charge in [-0.2, -0.15) is 4.31 Å². The van der Waals surface area contributed by atoms with Gasteiger partial charge in [0.2, 0.25) is 21.8 Å². The molecule has 2 fully saturated rings. The Kier molecular flexibility index (Phi) is 6.45. The van der Waals surface area contributed by atoms with E-state index in [1.54, 1.807) is 56.5 Å². The molecule has 0 bridgehead atoms. The van der Waals surface area contributed by atoms with Crippen molar-refractivity contribution in [2.24, 2.45) is 0 Å². The van der Waals surface area contributed by atoms with Gasteiger partial charge in [-0.3, -0.25) is 14.5 Å². The normalized spacial score (nSPS) is 22.4. The first-order valence-electron chi connectivity index (χ1n) is 11.1. The number of benzene rings is 2. The molecular formula is C24H29N3O5S. The Hall–Kier alpha value is -2.91. The smallest absolute Gasteiger partial charge is 0.247 e. The number of carbonyl (C=O) groups excluding carboxylic acids is 2. The number of amides is 2. The van der Waals surface area contributed by atoms with Gasteiger partial charge >= 0.3 is 0 Å². The fourth-order valence-electron chi connectivity index (χ4n) is 4.62. The summed E-state index contributed by atoms with van der Waals surface area (Å²) in [6.07, 6.45) is 3.84. The minimum absolute atomic E-state index is 0.0308. The van der Waals surface area contributed by atoms with Crippen LogP contribution in [0.1, 0.15) is 32.6 Å². The van der Waals surface area contributed by atoms with Gasteiger partial charge in [0.05, 0.1) is 18.6 Å². The molecule has 4 rings (SSSR count). The number of piperazine rings is 1. The van der Waals surface area contributed by atoms with Gasteiger partial charge in [0.1, 0.15) is 11.3 Å². The molecule has 1 saturated carbocycles. The second kappa shape index (κ2) is 9.15. The predicted molar refractivity (Wildman–Crippen MR) is 124 cm³/mol. The molecule has 8 nitrogen and oxygen atoms in total. The highest BCUT2D eigenvalue weighted by Crippen LogP contribution is 2.33. The molecule has 1 aliphatic carbocycles. The number of nitrogens with one attached hydrogen (secondary N) is 1. The van der Waals surface area contributed by atoms with E-state index in [4.69, 9.17) is 4.74 Å². The van der Waals surface area contributed by atoms with Gasteiger partial charge in [0.15, 0.2) is 0 Å². The van der Waals surface area contributed by atoms with Crippen LogP contribution in [0.15, 0.2) is 59.5 Å². The first-order valence-corrected chi connectivity index (χ1v) is 12.5. The molecule has 2 aliphatic rings. The molecule has 0 spiro atoms. The van der Waals surface area contributed by atoms with Crippen LogP contribution < -0.4 is 15.0 Å². The van der Waals surface area contributed by atoms with E-state index in [0.29, 0.717) is 11.4 Å². The third kappa shape index (κ3) is 4.47. The second-order valence-corrected chi connectivity index (χ2v) is 10.7. The summed E-state index contributed by atoms with van der Waals surface area (Å²) in [4.78, 5) is 28.5. The average molecular weight is 472 g/mol. The molecule has 9 heteroatoms. The van der Waals surface area contributed by atoms with Gasteiger partial charge in [-0.25, -0.2) is 8.42 Å². The summed E-state index contributed by atoms with van der Waals surface area (Å²) in [5, 5.41) is 3.06. The molecule has 1 aliphatic heterocycles. The lowest BCUT2D eigenvalue weighted by Crippen LogP contribution is -2.70. The van der Waals surface area contributed by atoms with Crippen LogP contribution in [0.25, 0.3) is 0 Å². The molecule has 2 amide bonds. The number of hydrogen-bond acceptors (Lipinski definition) is 5. The number of hydrogen-bond donors (Lipinski definition) is 1. The topological polar surface area (TPSA) is 96.0 Å².